The molecule has 2 aliphatic heterocycles. The fourth-order valence-corrected chi connectivity index (χ4v) is 7.38. The first-order valence-electron chi connectivity index (χ1n) is 10.7. The molecule has 0 radical (unpaired) electrons. The minimum atomic E-state index is -2.20. The van der Waals surface area contributed by atoms with E-state index in [1.54, 1.807) is 6.07 Å². The van der Waals surface area contributed by atoms with Gasteiger partial charge in [0.25, 0.3) is 0 Å². The van der Waals surface area contributed by atoms with Gasteiger partial charge >= 0.3 is 0 Å². The van der Waals surface area contributed by atoms with E-state index < -0.39 is 28.7 Å². The number of benzene rings is 1. The summed E-state index contributed by atoms with van der Waals surface area (Å²) < 4.78 is 6.78. The van der Waals surface area contributed by atoms with Crippen LogP contribution in [0.3, 0.4) is 0 Å². The number of hydrogen-bond acceptors (Lipinski definition) is 6. The molecule has 0 aromatic heterocycles. The number of ether oxygens (including phenoxy) is 1. The van der Waals surface area contributed by atoms with Crippen molar-refractivity contribution in [3.63, 3.8) is 0 Å². The number of aliphatic carboxylic acids is 1. The molecule has 7 nitrogen and oxygen atoms in total. The van der Waals surface area contributed by atoms with E-state index in [0.29, 0.717) is 24.3 Å². The predicted octanol–water partition coefficient (Wildman–Crippen LogP) is -0.418. The van der Waals surface area contributed by atoms with Crippen LogP contribution in [0.15, 0.2) is 12.1 Å². The summed E-state index contributed by atoms with van der Waals surface area (Å²) in [6, 6.07) is 3.34. The lowest BCUT2D eigenvalue weighted by Gasteiger charge is -2.66. The molecule has 5 aliphatic rings. The van der Waals surface area contributed by atoms with E-state index in [1.165, 1.54) is 12.8 Å². The summed E-state index contributed by atoms with van der Waals surface area (Å²) in [5, 5.41) is 45.9. The summed E-state index contributed by atoms with van der Waals surface area (Å²) in [5.41, 5.74) is -2.76. The van der Waals surface area contributed by atoms with E-state index in [1.807, 2.05) is 6.07 Å². The molecular weight excluding hydrogens is 374 g/mol. The van der Waals surface area contributed by atoms with Crippen LogP contribution in [0.1, 0.15) is 43.2 Å². The van der Waals surface area contributed by atoms with E-state index in [-0.39, 0.29) is 30.4 Å². The van der Waals surface area contributed by atoms with E-state index >= 15 is 0 Å². The number of rotatable bonds is 3. The van der Waals surface area contributed by atoms with Crippen LogP contribution in [0.4, 0.5) is 0 Å². The van der Waals surface area contributed by atoms with Crippen molar-refractivity contribution in [2.75, 3.05) is 20.1 Å². The highest BCUT2D eigenvalue weighted by Crippen LogP contribution is 2.67. The van der Waals surface area contributed by atoms with Crippen molar-refractivity contribution >= 4 is 5.97 Å². The number of phenolic OH excluding ortho intramolecular Hbond substituents is 1. The van der Waals surface area contributed by atoms with Gasteiger partial charge in [-0.1, -0.05) is 6.07 Å². The molecule has 156 valence electrons. The van der Waals surface area contributed by atoms with Crippen molar-refractivity contribution in [1.82, 2.24) is 0 Å². The van der Waals surface area contributed by atoms with Gasteiger partial charge in [0, 0.05) is 24.3 Å². The van der Waals surface area contributed by atoms with Gasteiger partial charge < -0.3 is 34.4 Å². The molecule has 6 atom stereocenters. The summed E-state index contributed by atoms with van der Waals surface area (Å²) in [7, 11) is 2.21. The average Bonchev–Trinajstić information content (AvgIpc) is 3.39. The number of likely N-dealkylation sites (tertiary alicyclic amines) is 1. The van der Waals surface area contributed by atoms with Gasteiger partial charge in [0.15, 0.2) is 11.5 Å². The summed E-state index contributed by atoms with van der Waals surface area (Å²) >= 11 is 0. The maximum atomic E-state index is 12.3. The van der Waals surface area contributed by atoms with E-state index in [4.69, 9.17) is 4.74 Å². The molecule has 3 aliphatic carbocycles. The first-order chi connectivity index (χ1) is 13.7. The fraction of sp³-hybridized carbons (Fsp3) is 0.682. The molecule has 29 heavy (non-hydrogen) atoms. The van der Waals surface area contributed by atoms with Gasteiger partial charge in [0.2, 0.25) is 0 Å². The summed E-state index contributed by atoms with van der Waals surface area (Å²) in [4.78, 5) is 12.0. The minimum Gasteiger partial charge on any atom is -0.547 e. The Balaban J connectivity index is 1.60. The Morgan fingerprint density at radius 2 is 2.03 bits per heavy atom. The van der Waals surface area contributed by atoms with Gasteiger partial charge in [-0.25, -0.2) is 0 Å². The first-order valence-corrected chi connectivity index (χ1v) is 10.7. The fourth-order valence-electron chi connectivity index (χ4n) is 7.38. The monoisotopic (exact) mass is 401 g/mol. The average molecular weight is 401 g/mol. The molecule has 2 saturated carbocycles. The van der Waals surface area contributed by atoms with Crippen LogP contribution in [0, 0.1) is 5.92 Å². The van der Waals surface area contributed by atoms with Gasteiger partial charge in [-0.2, -0.15) is 0 Å². The molecular formula is C22H27NO6. The summed E-state index contributed by atoms with van der Waals surface area (Å²) in [6.45, 7) is 1.79. The second kappa shape index (κ2) is 5.07. The lowest BCUT2D eigenvalue weighted by atomic mass is 9.46. The lowest BCUT2D eigenvalue weighted by molar-refractivity contribution is -0.950. The van der Waals surface area contributed by atoms with Crippen molar-refractivity contribution in [3.05, 3.63) is 23.3 Å². The smallest absolute Gasteiger partial charge is 0.165 e. The largest absolute Gasteiger partial charge is 0.547 e. The predicted molar refractivity (Wildman–Crippen MR) is 99.1 cm³/mol. The number of aromatic hydroxyl groups is 1. The zero-order chi connectivity index (χ0) is 20.4. The normalized spacial score (nSPS) is 46.7. The van der Waals surface area contributed by atoms with Gasteiger partial charge in [-0.3, -0.25) is 0 Å². The number of carboxylic acids is 1. The molecule has 1 spiro atoms. The molecule has 7 heteroatoms. The molecule has 3 N–H and O–H groups in total. The molecule has 2 bridgehead atoms. The maximum Gasteiger partial charge on any atom is 0.165 e. The van der Waals surface area contributed by atoms with Gasteiger partial charge in [0.1, 0.15) is 23.3 Å². The number of phenols is 1. The Morgan fingerprint density at radius 3 is 2.72 bits per heavy atom. The first kappa shape index (κ1) is 18.0. The highest BCUT2D eigenvalue weighted by molar-refractivity contribution is 5.79. The van der Waals surface area contributed by atoms with E-state index in [9.17, 15) is 25.2 Å². The number of nitrogens with zero attached hydrogens (tertiary/aromatic N) is 1. The third-order valence-electron chi connectivity index (χ3n) is 8.91. The third-order valence-corrected chi connectivity index (χ3v) is 8.91. The Bertz CT molecular complexity index is 945. The third kappa shape index (κ3) is 1.88. The quantitative estimate of drug-likeness (QED) is 0.594. The van der Waals surface area contributed by atoms with E-state index in [0.717, 1.165) is 23.1 Å². The number of likely N-dealkylation sites (N-methyl/N-ethyl adjacent to an activating group) is 1. The number of quaternary nitrogens is 1. The van der Waals surface area contributed by atoms with Crippen molar-refractivity contribution < 1.29 is 34.4 Å². The molecule has 0 amide bonds. The Hall–Kier alpha value is -1.83. The van der Waals surface area contributed by atoms with Crippen LogP contribution in [-0.2, 0) is 16.6 Å². The van der Waals surface area contributed by atoms with Gasteiger partial charge in [0.05, 0.1) is 31.5 Å². The highest BCUT2D eigenvalue weighted by Gasteiger charge is 2.79. The van der Waals surface area contributed by atoms with E-state index in [2.05, 4.69) is 7.05 Å². The van der Waals surface area contributed by atoms with Gasteiger partial charge in [-0.15, -0.1) is 0 Å². The van der Waals surface area contributed by atoms with Crippen LogP contribution < -0.4 is 9.84 Å². The topological polar surface area (TPSA) is 110 Å². The standard InChI is InChI=1S/C22H27NO6/c1-23(11-12-2-3-12)9-8-20-16-13-4-5-14(24)17(16)29-18(20)21(27,19(25)26)6-7-22(20,28)15(23)10-13/h4-5,12,15,18,27-28H,2-3,6-11H2,1H3,(H-,24,25,26)/t15-,18-,20+,21+,22-,23?/m1/s1. The number of hydrogen-bond donors (Lipinski definition) is 3. The van der Waals surface area contributed by atoms with Crippen LogP contribution in [0.25, 0.3) is 0 Å². The van der Waals surface area contributed by atoms with Crippen LogP contribution in [0.5, 0.6) is 11.5 Å². The second-order valence-corrected chi connectivity index (χ2v) is 10.4. The van der Waals surface area contributed by atoms with Crippen LogP contribution in [0.2, 0.25) is 0 Å². The SMILES string of the molecule is C[N+]1(CC2CC2)CC[C@]23c4c5ccc(O)c4O[C@H]2[C@](O)(C(=O)[O-])CC[C@@]3(O)[C@H]1C5. The molecule has 6 rings (SSSR count). The highest BCUT2D eigenvalue weighted by atomic mass is 16.5. The van der Waals surface area contributed by atoms with Crippen molar-refractivity contribution in [2.45, 2.75) is 67.3 Å². The molecule has 3 fully saturated rings. The number of piperidine rings is 1. The minimum absolute atomic E-state index is 0.0742. The van der Waals surface area contributed by atoms with Crippen molar-refractivity contribution in [1.29, 1.82) is 0 Å². The van der Waals surface area contributed by atoms with Crippen LogP contribution >= 0.6 is 0 Å². The molecule has 1 aromatic rings. The molecule has 1 saturated heterocycles. The van der Waals surface area contributed by atoms with Crippen molar-refractivity contribution in [2.24, 2.45) is 5.92 Å². The summed E-state index contributed by atoms with van der Waals surface area (Å²) in [6.07, 6.45) is 2.51. The van der Waals surface area contributed by atoms with Crippen molar-refractivity contribution in [3.8, 4) is 11.5 Å². The Morgan fingerprint density at radius 1 is 1.28 bits per heavy atom. The molecule has 1 unspecified atom stereocenters. The molecule has 1 aromatic carbocycles. The number of carbonyl (C=O) groups is 1. The zero-order valence-electron chi connectivity index (χ0n) is 16.6. The van der Waals surface area contributed by atoms with Crippen LogP contribution in [-0.4, -0.2) is 69.3 Å². The number of aliphatic hydroxyl groups is 2. The maximum absolute atomic E-state index is 12.3. The molecule has 2 heterocycles. The second-order valence-electron chi connectivity index (χ2n) is 10.4. The number of carboxylic acid groups (broad SMARTS) is 1. The lowest BCUT2D eigenvalue weighted by Crippen LogP contribution is -2.84. The Kier molecular flexibility index (Phi) is 3.15. The zero-order valence-corrected chi connectivity index (χ0v) is 16.6. The summed E-state index contributed by atoms with van der Waals surface area (Å²) in [5.74, 6) is -0.733. The Labute approximate surface area is 169 Å². The number of carbonyl (C=O) groups excluding carboxylic acids is 1. The van der Waals surface area contributed by atoms with Gasteiger partial charge in [-0.05, 0) is 37.3 Å².